The summed E-state index contributed by atoms with van der Waals surface area (Å²) >= 11 is 6.14. The summed E-state index contributed by atoms with van der Waals surface area (Å²) in [7, 11) is 0. The third-order valence-corrected chi connectivity index (χ3v) is 3.87. The van der Waals surface area contributed by atoms with Crippen LogP contribution in [0.15, 0.2) is 29.3 Å². The van der Waals surface area contributed by atoms with E-state index in [2.05, 4.69) is 4.98 Å². The maximum absolute atomic E-state index is 12.1. The van der Waals surface area contributed by atoms with Crippen molar-refractivity contribution in [3.63, 3.8) is 0 Å². The molecule has 1 fully saturated rings. The van der Waals surface area contributed by atoms with Gasteiger partial charge in [0.05, 0.1) is 10.6 Å². The van der Waals surface area contributed by atoms with Gasteiger partial charge >= 0.3 is 5.97 Å². The third-order valence-electron chi connectivity index (χ3n) is 2.53. The van der Waals surface area contributed by atoms with Gasteiger partial charge in [0.1, 0.15) is 10.4 Å². The smallest absolute Gasteiger partial charge is 0.326 e. The van der Waals surface area contributed by atoms with Crippen molar-refractivity contribution in [3.8, 4) is 0 Å². The number of carboxylic acids is 1. The molecule has 0 aliphatic carbocycles. The SMILES string of the molecule is C[C@H](C(=O)O)N1C(=O)/C(=C/c2ccccn2)SC1=S. The van der Waals surface area contributed by atoms with E-state index in [1.807, 2.05) is 0 Å². The second kappa shape index (κ2) is 5.50. The van der Waals surface area contributed by atoms with Gasteiger partial charge in [-0.2, -0.15) is 0 Å². The number of thiocarbonyl (C=S) groups is 1. The Hall–Kier alpha value is -1.73. The number of aliphatic carboxylic acids is 1. The number of carbonyl (C=O) groups excluding carboxylic acids is 1. The molecule has 1 amide bonds. The number of rotatable bonds is 3. The van der Waals surface area contributed by atoms with Crippen molar-refractivity contribution in [2.45, 2.75) is 13.0 Å². The van der Waals surface area contributed by atoms with Crippen LogP contribution in [0.4, 0.5) is 0 Å². The van der Waals surface area contributed by atoms with Crippen molar-refractivity contribution in [3.05, 3.63) is 35.0 Å². The molecular weight excluding hydrogens is 284 g/mol. The zero-order valence-electron chi connectivity index (χ0n) is 9.94. The van der Waals surface area contributed by atoms with Crippen LogP contribution in [-0.4, -0.2) is 37.2 Å². The molecule has 1 aliphatic rings. The van der Waals surface area contributed by atoms with E-state index >= 15 is 0 Å². The fourth-order valence-electron chi connectivity index (χ4n) is 1.52. The van der Waals surface area contributed by atoms with Gasteiger partial charge in [0.2, 0.25) is 0 Å². The maximum atomic E-state index is 12.1. The summed E-state index contributed by atoms with van der Waals surface area (Å²) in [6, 6.07) is 4.36. The Morgan fingerprint density at radius 2 is 2.32 bits per heavy atom. The topological polar surface area (TPSA) is 70.5 Å². The average Bonchev–Trinajstić information content (AvgIpc) is 2.65. The van der Waals surface area contributed by atoms with Crippen LogP contribution in [0.2, 0.25) is 0 Å². The lowest BCUT2D eigenvalue weighted by Gasteiger charge is -2.18. The fraction of sp³-hybridized carbons (Fsp3) is 0.167. The first kappa shape index (κ1) is 13.7. The van der Waals surface area contributed by atoms with Crippen molar-refractivity contribution < 1.29 is 14.7 Å². The molecule has 0 saturated carbocycles. The molecular formula is C12H10N2O3S2. The van der Waals surface area contributed by atoms with Crippen molar-refractivity contribution in [1.29, 1.82) is 0 Å². The van der Waals surface area contributed by atoms with E-state index in [0.717, 1.165) is 16.7 Å². The van der Waals surface area contributed by atoms with E-state index in [1.165, 1.54) is 6.92 Å². The lowest BCUT2D eigenvalue weighted by molar-refractivity contribution is -0.144. The number of hydrogen-bond donors (Lipinski definition) is 1. The van der Waals surface area contributed by atoms with Gasteiger partial charge in [0.25, 0.3) is 5.91 Å². The molecule has 0 aromatic carbocycles. The molecule has 1 atom stereocenters. The molecule has 0 bridgehead atoms. The lowest BCUT2D eigenvalue weighted by Crippen LogP contribution is -2.41. The maximum Gasteiger partial charge on any atom is 0.326 e. The van der Waals surface area contributed by atoms with Gasteiger partial charge in [0, 0.05) is 6.20 Å². The van der Waals surface area contributed by atoms with Crippen molar-refractivity contribution in [1.82, 2.24) is 9.88 Å². The molecule has 2 rings (SSSR count). The summed E-state index contributed by atoms with van der Waals surface area (Å²) in [6.07, 6.45) is 3.22. The second-order valence-electron chi connectivity index (χ2n) is 3.82. The molecule has 7 heteroatoms. The number of amides is 1. The number of hydrogen-bond acceptors (Lipinski definition) is 5. The summed E-state index contributed by atoms with van der Waals surface area (Å²) in [5.41, 5.74) is 0.631. The number of aromatic nitrogens is 1. The van der Waals surface area contributed by atoms with Crippen LogP contribution >= 0.6 is 24.0 Å². The normalized spacial score (nSPS) is 19.0. The molecule has 5 nitrogen and oxygen atoms in total. The Kier molecular flexibility index (Phi) is 3.96. The lowest BCUT2D eigenvalue weighted by atomic mass is 10.2. The van der Waals surface area contributed by atoms with E-state index < -0.39 is 17.9 Å². The Labute approximate surface area is 119 Å². The van der Waals surface area contributed by atoms with Crippen LogP contribution in [0.5, 0.6) is 0 Å². The fourth-order valence-corrected chi connectivity index (χ4v) is 2.92. The number of thioether (sulfide) groups is 1. The average molecular weight is 294 g/mol. The Morgan fingerprint density at radius 1 is 1.58 bits per heavy atom. The zero-order chi connectivity index (χ0) is 14.0. The molecule has 0 radical (unpaired) electrons. The Bertz CT molecular complexity index is 572. The molecule has 1 N–H and O–H groups in total. The molecule has 1 aromatic heterocycles. The van der Waals surface area contributed by atoms with Gasteiger partial charge in [-0.3, -0.25) is 14.7 Å². The van der Waals surface area contributed by atoms with E-state index in [-0.39, 0.29) is 4.32 Å². The van der Waals surface area contributed by atoms with Crippen LogP contribution in [-0.2, 0) is 9.59 Å². The first-order chi connectivity index (χ1) is 9.00. The van der Waals surface area contributed by atoms with Crippen LogP contribution < -0.4 is 0 Å². The number of nitrogens with zero attached hydrogens (tertiary/aromatic N) is 2. The third kappa shape index (κ3) is 2.82. The molecule has 2 heterocycles. The molecule has 1 saturated heterocycles. The predicted molar refractivity (Wildman–Crippen MR) is 76.3 cm³/mol. The first-order valence-electron chi connectivity index (χ1n) is 5.41. The van der Waals surface area contributed by atoms with Crippen LogP contribution in [0.3, 0.4) is 0 Å². The summed E-state index contributed by atoms with van der Waals surface area (Å²) in [5, 5.41) is 8.96. The van der Waals surface area contributed by atoms with Gasteiger partial charge in [-0.15, -0.1) is 0 Å². The van der Waals surface area contributed by atoms with Gasteiger partial charge < -0.3 is 5.11 Å². The Balaban J connectivity index is 2.28. The largest absolute Gasteiger partial charge is 0.480 e. The predicted octanol–water partition coefficient (Wildman–Crippen LogP) is 1.76. The highest BCUT2D eigenvalue weighted by Crippen LogP contribution is 2.33. The van der Waals surface area contributed by atoms with Crippen molar-refractivity contribution in [2.24, 2.45) is 0 Å². The highest BCUT2D eigenvalue weighted by Gasteiger charge is 2.38. The minimum Gasteiger partial charge on any atom is -0.480 e. The molecule has 1 aliphatic heterocycles. The van der Waals surface area contributed by atoms with Gasteiger partial charge in [0.15, 0.2) is 0 Å². The second-order valence-corrected chi connectivity index (χ2v) is 5.50. The minimum absolute atomic E-state index is 0.252. The monoisotopic (exact) mass is 294 g/mol. The van der Waals surface area contributed by atoms with Gasteiger partial charge in [-0.1, -0.05) is 30.0 Å². The molecule has 1 aromatic rings. The highest BCUT2D eigenvalue weighted by atomic mass is 32.2. The van der Waals surface area contributed by atoms with Crippen molar-refractivity contribution >= 4 is 46.3 Å². The van der Waals surface area contributed by atoms with Gasteiger partial charge in [-0.25, -0.2) is 4.79 Å². The van der Waals surface area contributed by atoms with E-state index in [4.69, 9.17) is 17.3 Å². The van der Waals surface area contributed by atoms with Crippen LogP contribution in [0, 0.1) is 0 Å². The number of carboxylic acid groups (broad SMARTS) is 1. The quantitative estimate of drug-likeness (QED) is 0.676. The minimum atomic E-state index is -1.09. The summed E-state index contributed by atoms with van der Waals surface area (Å²) in [6.45, 7) is 1.43. The number of carbonyl (C=O) groups is 2. The van der Waals surface area contributed by atoms with E-state index in [0.29, 0.717) is 10.6 Å². The standard InChI is InChI=1S/C12H10N2O3S2/c1-7(11(16)17)14-10(15)9(19-12(14)18)6-8-4-2-3-5-13-8/h2-7H,1H3,(H,16,17)/b9-6-/t7-/m1/s1. The number of pyridine rings is 1. The highest BCUT2D eigenvalue weighted by molar-refractivity contribution is 8.26. The summed E-state index contributed by atoms with van der Waals surface area (Å²) in [5.74, 6) is -1.48. The van der Waals surface area contributed by atoms with Crippen molar-refractivity contribution in [2.75, 3.05) is 0 Å². The first-order valence-corrected chi connectivity index (χ1v) is 6.64. The molecule has 0 spiro atoms. The molecule has 0 unspecified atom stereocenters. The van der Waals surface area contributed by atoms with Crippen LogP contribution in [0.1, 0.15) is 12.6 Å². The molecule has 98 valence electrons. The molecule has 19 heavy (non-hydrogen) atoms. The van der Waals surface area contributed by atoms with E-state index in [9.17, 15) is 9.59 Å². The summed E-state index contributed by atoms with van der Waals surface area (Å²) in [4.78, 5) is 28.7. The van der Waals surface area contributed by atoms with Gasteiger partial charge in [-0.05, 0) is 25.1 Å². The van der Waals surface area contributed by atoms with Crippen LogP contribution in [0.25, 0.3) is 6.08 Å². The zero-order valence-corrected chi connectivity index (χ0v) is 11.6. The summed E-state index contributed by atoms with van der Waals surface area (Å²) < 4.78 is 0.252. The van der Waals surface area contributed by atoms with E-state index in [1.54, 1.807) is 30.5 Å². The Morgan fingerprint density at radius 3 is 2.89 bits per heavy atom.